The zero-order valence-electron chi connectivity index (χ0n) is 63.4. The van der Waals surface area contributed by atoms with Crippen LogP contribution >= 0.6 is 12.2 Å². The van der Waals surface area contributed by atoms with Crippen LogP contribution in [0.15, 0.2) is 59.8 Å². The van der Waals surface area contributed by atoms with Crippen molar-refractivity contribution in [1.82, 2.24) is 51.5 Å². The maximum Gasteiger partial charge on any atom is 0.340 e. The Morgan fingerprint density at radius 3 is 1.76 bits per heavy atom. The number of likely N-dealkylation sites (tertiary alicyclic amines) is 4. The number of fused-ring (bicyclic) bond motifs is 6. The van der Waals surface area contributed by atoms with Crippen molar-refractivity contribution in [2.45, 2.75) is 195 Å². The second-order valence-corrected chi connectivity index (χ2v) is 29.5. The number of ether oxygens (including phenoxy) is 2. The number of hydrogen-bond acceptors (Lipinski definition) is 22. The number of aliphatic hydroxyl groups is 1. The molecule has 1 spiro atoms. The number of hydrogen-bond donors (Lipinski definition) is 14. The van der Waals surface area contributed by atoms with Crippen molar-refractivity contribution in [2.24, 2.45) is 10.9 Å². The molecule has 0 bridgehead atoms. The first-order chi connectivity index (χ1) is 56.0. The molecule has 36 nitrogen and oxygen atoms in total. The number of esters is 1. The summed E-state index contributed by atoms with van der Waals surface area (Å²) in [6.07, 6.45) is -5.71. The fourth-order valence-electron chi connectivity index (χ4n) is 15.1. The summed E-state index contributed by atoms with van der Waals surface area (Å²) in [5.41, 5.74) is 4.29. The largest absolute Gasteiger partial charge is 0.508 e. The summed E-state index contributed by atoms with van der Waals surface area (Å²) in [4.78, 5) is 199. The Morgan fingerprint density at radius 2 is 1.15 bits per heavy atom. The van der Waals surface area contributed by atoms with E-state index >= 15 is 0 Å². The number of oxime groups is 1. The van der Waals surface area contributed by atoms with Crippen molar-refractivity contribution in [3.05, 3.63) is 112 Å². The van der Waals surface area contributed by atoms with Gasteiger partial charge in [0.05, 0.1) is 30.0 Å². The summed E-state index contributed by atoms with van der Waals surface area (Å²) in [6.45, 7) is 1.79. The van der Waals surface area contributed by atoms with E-state index in [1.54, 1.807) is 30.3 Å². The predicted octanol–water partition coefficient (Wildman–Crippen LogP) is 2.11. The van der Waals surface area contributed by atoms with Gasteiger partial charge < -0.3 is 108 Å². The van der Waals surface area contributed by atoms with Gasteiger partial charge in [-0.3, -0.25) is 62.3 Å². The minimum Gasteiger partial charge on any atom is -0.508 e. The number of carbonyl (C=O) groups excluding carboxylic acids is 11. The molecule has 11 atom stereocenters. The van der Waals surface area contributed by atoms with Gasteiger partial charge in [-0.25, -0.2) is 26.7 Å². The number of primary amides is 1. The molecule has 6 heterocycles. The fraction of sp³-hybridized carbons (Fsp3) is 0.474. The quantitative estimate of drug-likeness (QED) is 0.00475. The van der Waals surface area contributed by atoms with Gasteiger partial charge in [-0.2, -0.15) is 0 Å². The maximum absolute atomic E-state index is 15.0. The molecule has 6 aliphatic rings. The van der Waals surface area contributed by atoms with Crippen molar-refractivity contribution >= 4 is 112 Å². The summed E-state index contributed by atoms with van der Waals surface area (Å²) in [5, 5.41) is 81.8. The van der Waals surface area contributed by atoms with Crippen LogP contribution in [0.5, 0.6) is 23.0 Å². The lowest BCUT2D eigenvalue weighted by molar-refractivity contribution is -0.151. The van der Waals surface area contributed by atoms with E-state index < -0.39 is 235 Å². The third-order valence-electron chi connectivity index (χ3n) is 21.0. The molecule has 4 aromatic rings. The molecule has 4 fully saturated rings. The van der Waals surface area contributed by atoms with E-state index in [2.05, 4.69) is 42.4 Å². The van der Waals surface area contributed by atoms with E-state index in [0.717, 1.165) is 21.6 Å². The molecule has 15 N–H and O–H groups in total. The number of carboxylic acid groups (broad SMARTS) is 3. The van der Waals surface area contributed by atoms with Crippen LogP contribution in [0.2, 0.25) is 0 Å². The number of halogens is 5. The molecule has 42 heteroatoms. The first-order valence-corrected chi connectivity index (χ1v) is 38.2. The maximum atomic E-state index is 15.0. The predicted molar refractivity (Wildman–Crippen MR) is 401 cm³/mol. The summed E-state index contributed by atoms with van der Waals surface area (Å²) in [5.74, 6) is -26.3. The highest BCUT2D eigenvalue weighted by Crippen LogP contribution is 2.57. The van der Waals surface area contributed by atoms with Gasteiger partial charge in [-0.05, 0) is 146 Å². The zero-order valence-corrected chi connectivity index (χ0v) is 64.2. The molecule has 0 radical (unpaired) electrons. The van der Waals surface area contributed by atoms with Gasteiger partial charge in [0.15, 0.2) is 34.0 Å². The number of nitrogens with zero attached hydrogens (tertiary/aromatic N) is 5. The van der Waals surface area contributed by atoms with E-state index in [1.807, 2.05) is 0 Å². The molecule has 10 rings (SSSR count). The average molecular weight is 1680 g/mol. The average Bonchev–Trinajstić information content (AvgIpc) is 1.48. The van der Waals surface area contributed by atoms with Gasteiger partial charge in [0.25, 0.3) is 0 Å². The number of unbranched alkanes of at least 4 members (excludes halogenated alkanes) is 1. The SMILES string of the molecule is C[C@H](NC(=O)[C@@H](NC(=O)[C@@H]1CCCN1C(=O)[C@H](CCC(=O)O)NC(=O)[C@@H]1CCCN1C(=O)CCCCNC(=S)Nc1ccc2c(c1)C1(OC2=O)c2ccc(O)cc2Oc2cc(O)ccc21)[C@@H](C)O)C(=O)N1CCCCC1C(=O)N1C[C@@H](O/N=C\c2c(F)c(F)c(F)c(F)c2F)C[C@H]1C(=O)N[C@@H](CCC(=O)O)C(=O)N[C@@H](CCC(=O)O)C(N)=O. The van der Waals surface area contributed by atoms with Crippen molar-refractivity contribution < 1.29 is 134 Å². The molecular weight excluding hydrogens is 1590 g/mol. The van der Waals surface area contributed by atoms with Crippen molar-refractivity contribution in [3.8, 4) is 23.0 Å². The Hall–Kier alpha value is -12.4. The number of carboxylic acids is 3. The number of amides is 10. The number of aromatic hydroxyl groups is 2. The van der Waals surface area contributed by atoms with E-state index in [0.29, 0.717) is 41.6 Å². The van der Waals surface area contributed by atoms with Crippen molar-refractivity contribution in [2.75, 3.05) is 38.0 Å². The molecule has 0 aliphatic carbocycles. The van der Waals surface area contributed by atoms with E-state index in [9.17, 15) is 120 Å². The number of phenols is 2. The molecule has 4 saturated heterocycles. The number of nitrogens with two attached hydrogens (primary N) is 1. The van der Waals surface area contributed by atoms with Gasteiger partial charge in [0, 0.05) is 92.8 Å². The van der Waals surface area contributed by atoms with Crippen LogP contribution in [0.4, 0.5) is 27.6 Å². The molecule has 4 aromatic carbocycles. The minimum atomic E-state index is -2.49. The third-order valence-corrected chi connectivity index (χ3v) is 21.3. The van der Waals surface area contributed by atoms with Gasteiger partial charge >= 0.3 is 23.9 Å². The summed E-state index contributed by atoms with van der Waals surface area (Å²) >= 11 is 5.62. The van der Waals surface area contributed by atoms with Crippen molar-refractivity contribution in [3.63, 3.8) is 0 Å². The summed E-state index contributed by atoms with van der Waals surface area (Å²) in [6, 6.07) is -0.618. The first-order valence-electron chi connectivity index (χ1n) is 37.8. The second-order valence-electron chi connectivity index (χ2n) is 29.1. The monoisotopic (exact) mass is 1680 g/mol. The van der Waals surface area contributed by atoms with Gasteiger partial charge in [-0.1, -0.05) is 5.16 Å². The molecule has 0 aromatic heterocycles. The number of carbonyl (C=O) groups is 14. The zero-order chi connectivity index (χ0) is 85.9. The van der Waals surface area contributed by atoms with Gasteiger partial charge in [0.1, 0.15) is 83.5 Å². The molecule has 1 unspecified atom stereocenters. The van der Waals surface area contributed by atoms with E-state index in [-0.39, 0.29) is 117 Å². The van der Waals surface area contributed by atoms with Crippen LogP contribution in [-0.2, 0) is 77.5 Å². The number of piperidine rings is 1. The Kier molecular flexibility index (Phi) is 28.4. The molecule has 6 aliphatic heterocycles. The minimum absolute atomic E-state index is 0.0117. The summed E-state index contributed by atoms with van der Waals surface area (Å²) < 4.78 is 83.6. The van der Waals surface area contributed by atoms with Gasteiger partial charge in [0.2, 0.25) is 64.9 Å². The summed E-state index contributed by atoms with van der Waals surface area (Å²) in [7, 11) is 0. The Balaban J connectivity index is 0.745. The highest BCUT2D eigenvalue weighted by molar-refractivity contribution is 7.80. The highest BCUT2D eigenvalue weighted by Gasteiger charge is 2.55. The van der Waals surface area contributed by atoms with Crippen LogP contribution in [-0.4, -0.2) is 244 Å². The van der Waals surface area contributed by atoms with Crippen LogP contribution in [0.25, 0.3) is 0 Å². The lowest BCUT2D eigenvalue weighted by atomic mass is 9.77. The van der Waals surface area contributed by atoms with Crippen LogP contribution < -0.4 is 47.7 Å². The van der Waals surface area contributed by atoms with Crippen LogP contribution in [0, 0.1) is 29.1 Å². The number of nitrogens with one attached hydrogen (secondary N) is 7. The second kappa shape index (κ2) is 38.1. The Labute approximate surface area is 673 Å². The number of anilines is 1. The number of aliphatic carboxylic acids is 3. The molecule has 10 amide bonds. The Bertz CT molecular complexity index is 4620. The number of rotatable bonds is 33. The lowest BCUT2D eigenvalue weighted by Gasteiger charge is -2.39. The highest BCUT2D eigenvalue weighted by atomic mass is 32.1. The normalized spacial score (nSPS) is 19.8. The first kappa shape index (κ1) is 88.0. The van der Waals surface area contributed by atoms with Crippen LogP contribution in [0.3, 0.4) is 0 Å². The standard InChI is InChI=1S/C76H86F5N13O23S/c1-35(71(111)93-26-6-4-9-51(93)73(113)94-34-40(117-84-33-42-59(77)61(79)63(81)62(80)60(42)78)32-52(94)69(109)88-47(20-23-57(101)102)66(106)87-46(65(82)105)19-22-56(99)100)85-70(110)64(36(2)95)90-68(108)50-11-8-28-92(50)72(112)48(21-24-58(103)104)89-67(107)49-10-7-27-91(49)55(98)12-3-5-25-83-75(118)86-37-13-16-41-45(29-37)76(116-74(41)114)43-17-14-38(96)30-53(43)115-54-31-39(97)15-18-44(54)76/h13-18,29-31,33,35-36,40,46-52,64,95-97H,3-12,19-28,32,34H2,1-2H3,(H2,82,105)(H,85,110)(H,87,106)(H,88,109)(H,89,107)(H,90,108)(H,99,100)(H,101,102)(H,103,104)(H2,83,86,118)/b84-33-/t35-,36+,40-,46-,47-,48-,49-,50-,51?,52-,64-/m0/s1. The number of thiocarbonyl (C=S) groups is 1. The number of aliphatic hydroxyl groups excluding tert-OH is 1. The number of phenolic OH excluding ortho intramolecular Hbond substituents is 2. The molecule has 634 valence electrons. The third kappa shape index (κ3) is 20.0. The smallest absolute Gasteiger partial charge is 0.340 e. The van der Waals surface area contributed by atoms with Crippen molar-refractivity contribution in [1.29, 1.82) is 0 Å². The van der Waals surface area contributed by atoms with E-state index in [1.165, 1.54) is 36.1 Å². The molecule has 118 heavy (non-hydrogen) atoms. The van der Waals surface area contributed by atoms with E-state index in [4.69, 9.17) is 32.3 Å². The molecular formula is C76H86F5N13O23S. The lowest BCUT2D eigenvalue weighted by Crippen LogP contribution is -2.62. The number of benzene rings is 4. The topological polar surface area (TPSA) is 524 Å². The van der Waals surface area contributed by atoms with Crippen LogP contribution in [0.1, 0.15) is 156 Å². The Morgan fingerprint density at radius 1 is 0.610 bits per heavy atom. The van der Waals surface area contributed by atoms with Gasteiger partial charge in [-0.15, -0.1) is 0 Å². The molecule has 0 saturated carbocycles. The fourth-order valence-corrected chi connectivity index (χ4v) is 15.4.